The van der Waals surface area contributed by atoms with Crippen LogP contribution in [0.3, 0.4) is 0 Å². The number of fused-ring (bicyclic) bond motifs is 1. The predicted molar refractivity (Wildman–Crippen MR) is 80.0 cm³/mol. The maximum atomic E-state index is 12.3. The number of aromatic nitrogens is 3. The number of halogens is 1. The van der Waals surface area contributed by atoms with Gasteiger partial charge in [0.15, 0.2) is 0 Å². The van der Waals surface area contributed by atoms with Crippen molar-refractivity contribution in [1.82, 2.24) is 20.1 Å². The Morgan fingerprint density at radius 1 is 1.48 bits per heavy atom. The van der Waals surface area contributed by atoms with Crippen molar-refractivity contribution < 1.29 is 4.79 Å². The van der Waals surface area contributed by atoms with Crippen LogP contribution in [0.2, 0.25) is 5.02 Å². The number of rotatable bonds is 3. The zero-order valence-corrected chi connectivity index (χ0v) is 12.4. The molecule has 7 heteroatoms. The van der Waals surface area contributed by atoms with Gasteiger partial charge in [-0.3, -0.25) is 14.8 Å². The van der Waals surface area contributed by atoms with Crippen LogP contribution < -0.4 is 5.32 Å². The summed E-state index contributed by atoms with van der Waals surface area (Å²) in [6.45, 7) is 3.46. The molecule has 1 unspecified atom stereocenters. The van der Waals surface area contributed by atoms with E-state index < -0.39 is 0 Å². The van der Waals surface area contributed by atoms with Gasteiger partial charge in [-0.2, -0.15) is 5.10 Å². The van der Waals surface area contributed by atoms with Gasteiger partial charge in [-0.1, -0.05) is 11.6 Å². The largest absolute Gasteiger partial charge is 0.309 e. The minimum atomic E-state index is -0.231. The fourth-order valence-corrected chi connectivity index (χ4v) is 2.53. The maximum absolute atomic E-state index is 12.3. The Balaban J connectivity index is 1.64. The molecule has 2 aromatic heterocycles. The van der Waals surface area contributed by atoms with Crippen LogP contribution in [0.15, 0.2) is 24.5 Å². The number of hydrogen-bond acceptors (Lipinski definition) is 4. The lowest BCUT2D eigenvalue weighted by Gasteiger charge is -2.31. The molecule has 1 aliphatic heterocycles. The Kier molecular flexibility index (Phi) is 3.90. The van der Waals surface area contributed by atoms with Crippen LogP contribution in [0.1, 0.15) is 18.2 Å². The average Bonchev–Trinajstić information content (AvgIpc) is 2.96. The van der Waals surface area contributed by atoms with Crippen molar-refractivity contribution in [3.8, 4) is 0 Å². The molecule has 0 aliphatic carbocycles. The van der Waals surface area contributed by atoms with Gasteiger partial charge in [0, 0.05) is 37.0 Å². The highest BCUT2D eigenvalue weighted by atomic mass is 35.5. The molecule has 0 saturated carbocycles. The first-order chi connectivity index (χ1) is 10.1. The number of amides is 1. The van der Waals surface area contributed by atoms with Crippen molar-refractivity contribution in [3.63, 3.8) is 0 Å². The molecular weight excluding hydrogens is 290 g/mol. The Hall–Kier alpha value is -1.92. The fourth-order valence-electron chi connectivity index (χ4n) is 2.42. The molecule has 2 N–H and O–H groups in total. The van der Waals surface area contributed by atoms with Crippen LogP contribution >= 0.6 is 11.6 Å². The SMILES string of the molecule is CC(C(=O)Nc1ccc(Cl)cn1)N1CCc2[nH]ncc2C1. The molecule has 2 aromatic rings. The number of aromatic amines is 1. The van der Waals surface area contributed by atoms with E-state index >= 15 is 0 Å². The van der Waals surface area contributed by atoms with Gasteiger partial charge in [-0.15, -0.1) is 0 Å². The molecule has 0 saturated heterocycles. The van der Waals surface area contributed by atoms with Gasteiger partial charge in [0.25, 0.3) is 0 Å². The molecule has 1 amide bonds. The Bertz CT molecular complexity index is 639. The van der Waals surface area contributed by atoms with Gasteiger partial charge in [0.2, 0.25) is 5.91 Å². The standard InChI is InChI=1S/C14H16ClN5O/c1-9(14(21)18-13-3-2-11(15)7-16-13)20-5-4-12-10(8-20)6-17-19-12/h2-3,6-7,9H,4-5,8H2,1H3,(H,17,19)(H,16,18,21). The zero-order chi connectivity index (χ0) is 14.8. The van der Waals surface area contributed by atoms with Crippen molar-refractivity contribution in [3.05, 3.63) is 40.8 Å². The van der Waals surface area contributed by atoms with Crippen molar-refractivity contribution in [2.45, 2.75) is 25.9 Å². The molecule has 1 aliphatic rings. The molecule has 110 valence electrons. The molecule has 21 heavy (non-hydrogen) atoms. The molecule has 3 heterocycles. The van der Waals surface area contributed by atoms with Gasteiger partial charge in [0.05, 0.1) is 17.3 Å². The van der Waals surface area contributed by atoms with Crippen molar-refractivity contribution in [1.29, 1.82) is 0 Å². The van der Waals surface area contributed by atoms with Crippen molar-refractivity contribution >= 4 is 23.3 Å². The quantitative estimate of drug-likeness (QED) is 0.907. The molecular formula is C14H16ClN5O. The van der Waals surface area contributed by atoms with E-state index in [1.807, 2.05) is 13.1 Å². The summed E-state index contributed by atoms with van der Waals surface area (Å²) in [6.07, 6.45) is 4.22. The third-order valence-electron chi connectivity index (χ3n) is 3.74. The van der Waals surface area contributed by atoms with Gasteiger partial charge in [0.1, 0.15) is 5.82 Å². The number of H-pyrrole nitrogens is 1. The number of anilines is 1. The molecule has 6 nitrogen and oxygen atoms in total. The van der Waals surface area contributed by atoms with Crippen molar-refractivity contribution in [2.24, 2.45) is 0 Å². The Morgan fingerprint density at radius 3 is 3.10 bits per heavy atom. The minimum Gasteiger partial charge on any atom is -0.309 e. The van der Waals surface area contributed by atoms with Crippen LogP contribution in [0, 0.1) is 0 Å². The zero-order valence-electron chi connectivity index (χ0n) is 11.6. The predicted octanol–water partition coefficient (Wildman–Crippen LogP) is 1.84. The summed E-state index contributed by atoms with van der Waals surface area (Å²) in [5.41, 5.74) is 2.32. The second-order valence-electron chi connectivity index (χ2n) is 5.12. The summed E-state index contributed by atoms with van der Waals surface area (Å²) in [7, 11) is 0. The normalized spacial score (nSPS) is 16.3. The monoisotopic (exact) mass is 305 g/mol. The number of carbonyl (C=O) groups is 1. The molecule has 3 rings (SSSR count). The maximum Gasteiger partial charge on any atom is 0.242 e. The third kappa shape index (κ3) is 3.06. The number of nitrogens with one attached hydrogen (secondary N) is 2. The summed E-state index contributed by atoms with van der Waals surface area (Å²) >= 11 is 5.78. The van der Waals surface area contributed by atoms with Crippen LogP contribution in [-0.4, -0.2) is 38.6 Å². The van der Waals surface area contributed by atoms with Crippen LogP contribution in [0.5, 0.6) is 0 Å². The lowest BCUT2D eigenvalue weighted by molar-refractivity contribution is -0.121. The summed E-state index contributed by atoms with van der Waals surface area (Å²) in [5.74, 6) is 0.439. The first kappa shape index (κ1) is 14.0. The summed E-state index contributed by atoms with van der Waals surface area (Å²) in [5, 5.41) is 10.4. The Morgan fingerprint density at radius 2 is 2.33 bits per heavy atom. The van der Waals surface area contributed by atoms with E-state index in [2.05, 4.69) is 25.4 Å². The van der Waals surface area contributed by atoms with E-state index in [9.17, 15) is 4.79 Å². The number of carbonyl (C=O) groups excluding carboxylic acids is 1. The molecule has 0 fully saturated rings. The highest BCUT2D eigenvalue weighted by Gasteiger charge is 2.26. The van der Waals surface area contributed by atoms with Gasteiger partial charge >= 0.3 is 0 Å². The highest BCUT2D eigenvalue weighted by Crippen LogP contribution is 2.19. The lowest BCUT2D eigenvalue weighted by Crippen LogP contribution is -2.44. The fraction of sp³-hybridized carbons (Fsp3) is 0.357. The second kappa shape index (κ2) is 5.83. The molecule has 0 spiro atoms. The van der Waals surface area contributed by atoms with Gasteiger partial charge in [-0.05, 0) is 19.1 Å². The second-order valence-corrected chi connectivity index (χ2v) is 5.56. The topological polar surface area (TPSA) is 73.9 Å². The molecule has 0 bridgehead atoms. The van der Waals surface area contributed by atoms with Crippen LogP contribution in [0.4, 0.5) is 5.82 Å². The van der Waals surface area contributed by atoms with Gasteiger partial charge < -0.3 is 5.32 Å². The summed E-state index contributed by atoms with van der Waals surface area (Å²) in [4.78, 5) is 18.5. The van der Waals surface area contributed by atoms with E-state index in [0.29, 0.717) is 10.8 Å². The molecule has 0 aromatic carbocycles. The number of hydrogen-bond donors (Lipinski definition) is 2. The molecule has 0 radical (unpaired) electrons. The number of pyridine rings is 1. The molecule has 1 atom stereocenters. The van der Waals surface area contributed by atoms with E-state index in [1.54, 1.807) is 12.1 Å². The van der Waals surface area contributed by atoms with E-state index in [-0.39, 0.29) is 11.9 Å². The first-order valence-corrected chi connectivity index (χ1v) is 7.19. The number of nitrogens with zero attached hydrogens (tertiary/aromatic N) is 3. The van der Waals surface area contributed by atoms with Crippen LogP contribution in [0.25, 0.3) is 0 Å². The summed E-state index contributed by atoms with van der Waals surface area (Å²) in [6, 6.07) is 3.16. The average molecular weight is 306 g/mol. The van der Waals surface area contributed by atoms with E-state index in [1.165, 1.54) is 11.9 Å². The van der Waals surface area contributed by atoms with E-state index in [4.69, 9.17) is 11.6 Å². The Labute approximate surface area is 127 Å². The van der Waals surface area contributed by atoms with Gasteiger partial charge in [-0.25, -0.2) is 4.98 Å². The highest BCUT2D eigenvalue weighted by molar-refractivity contribution is 6.30. The van der Waals surface area contributed by atoms with Crippen LogP contribution in [-0.2, 0) is 17.8 Å². The lowest BCUT2D eigenvalue weighted by atomic mass is 10.1. The van der Waals surface area contributed by atoms with E-state index in [0.717, 1.165) is 25.1 Å². The third-order valence-corrected chi connectivity index (χ3v) is 3.96. The summed E-state index contributed by atoms with van der Waals surface area (Å²) < 4.78 is 0. The van der Waals surface area contributed by atoms with Crippen molar-refractivity contribution in [2.75, 3.05) is 11.9 Å². The first-order valence-electron chi connectivity index (χ1n) is 6.81. The smallest absolute Gasteiger partial charge is 0.242 e. The minimum absolute atomic E-state index is 0.0724.